The first-order valence-electron chi connectivity index (χ1n) is 10.5. The van der Waals surface area contributed by atoms with Crippen LogP contribution in [0.3, 0.4) is 0 Å². The zero-order chi connectivity index (χ0) is 21.2. The molecule has 4 aromatic rings. The van der Waals surface area contributed by atoms with Gasteiger partial charge in [0.25, 0.3) is 5.91 Å². The van der Waals surface area contributed by atoms with Gasteiger partial charge in [0.15, 0.2) is 5.65 Å². The zero-order valence-corrected chi connectivity index (χ0v) is 17.5. The molecule has 1 saturated heterocycles. The van der Waals surface area contributed by atoms with Crippen molar-refractivity contribution in [1.29, 1.82) is 0 Å². The molecule has 7 heteroatoms. The summed E-state index contributed by atoms with van der Waals surface area (Å²) < 4.78 is 1.76. The predicted octanol–water partition coefficient (Wildman–Crippen LogP) is 3.06. The summed E-state index contributed by atoms with van der Waals surface area (Å²) in [6.45, 7) is 5.97. The third-order valence-electron chi connectivity index (χ3n) is 5.77. The number of fused-ring (bicyclic) bond motifs is 1. The molecule has 0 spiro atoms. The van der Waals surface area contributed by atoms with Gasteiger partial charge >= 0.3 is 0 Å². The summed E-state index contributed by atoms with van der Waals surface area (Å²) in [5.41, 5.74) is 5.51. The first-order chi connectivity index (χ1) is 15.2. The molecule has 0 atom stereocenters. The molecular formula is C24H24N6O. The normalized spacial score (nSPS) is 14.8. The Morgan fingerprint density at radius 1 is 0.968 bits per heavy atom. The smallest absolute Gasteiger partial charge is 0.259 e. The topological polar surface area (TPSA) is 66.6 Å². The lowest BCUT2D eigenvalue weighted by Gasteiger charge is -2.34. The minimum Gasteiger partial charge on any atom is -0.336 e. The maximum absolute atomic E-state index is 13.2. The lowest BCUT2D eigenvalue weighted by Crippen LogP contribution is -2.48. The van der Waals surface area contributed by atoms with Crippen molar-refractivity contribution in [3.63, 3.8) is 0 Å². The van der Waals surface area contributed by atoms with E-state index in [4.69, 9.17) is 0 Å². The SMILES string of the molecule is Cc1ccc(-c2ccnc3c(C(=O)N4CCN(Cc5cccnc5)CC4)cnn23)cc1. The highest BCUT2D eigenvalue weighted by Gasteiger charge is 2.25. The van der Waals surface area contributed by atoms with Gasteiger partial charge in [-0.25, -0.2) is 9.50 Å². The van der Waals surface area contributed by atoms with Gasteiger partial charge in [-0.3, -0.25) is 14.7 Å². The number of aryl methyl sites for hydroxylation is 1. The number of hydrogen-bond acceptors (Lipinski definition) is 5. The van der Waals surface area contributed by atoms with Crippen LogP contribution in [-0.4, -0.2) is 61.5 Å². The van der Waals surface area contributed by atoms with E-state index in [2.05, 4.69) is 57.2 Å². The minimum atomic E-state index is -0.00964. The Balaban J connectivity index is 1.33. The van der Waals surface area contributed by atoms with E-state index in [1.807, 2.05) is 23.2 Å². The van der Waals surface area contributed by atoms with Crippen molar-refractivity contribution in [3.05, 3.63) is 83.9 Å². The van der Waals surface area contributed by atoms with Crippen molar-refractivity contribution < 1.29 is 4.79 Å². The molecule has 0 radical (unpaired) electrons. The largest absolute Gasteiger partial charge is 0.336 e. The van der Waals surface area contributed by atoms with Crippen LogP contribution in [0.1, 0.15) is 21.5 Å². The van der Waals surface area contributed by atoms with Gasteiger partial charge < -0.3 is 4.90 Å². The summed E-state index contributed by atoms with van der Waals surface area (Å²) in [7, 11) is 0. The Hall–Kier alpha value is -3.58. The molecule has 156 valence electrons. The third kappa shape index (κ3) is 3.92. The summed E-state index contributed by atoms with van der Waals surface area (Å²) in [5, 5.41) is 4.49. The molecule has 0 N–H and O–H groups in total. The zero-order valence-electron chi connectivity index (χ0n) is 17.5. The Bertz CT molecular complexity index is 1190. The summed E-state index contributed by atoms with van der Waals surface area (Å²) >= 11 is 0. The van der Waals surface area contributed by atoms with Crippen LogP contribution in [0.2, 0.25) is 0 Å². The van der Waals surface area contributed by atoms with Gasteiger partial charge in [-0.15, -0.1) is 0 Å². The van der Waals surface area contributed by atoms with Crippen LogP contribution in [0.15, 0.2) is 67.3 Å². The molecule has 1 aliphatic rings. The summed E-state index contributed by atoms with van der Waals surface area (Å²) in [4.78, 5) is 26.1. The molecule has 31 heavy (non-hydrogen) atoms. The van der Waals surface area contributed by atoms with E-state index in [0.717, 1.165) is 30.9 Å². The number of aromatic nitrogens is 4. The fourth-order valence-electron chi connectivity index (χ4n) is 4.01. The molecule has 5 rings (SSSR count). The fraction of sp³-hybridized carbons (Fsp3) is 0.250. The number of amides is 1. The monoisotopic (exact) mass is 412 g/mol. The molecule has 0 saturated carbocycles. The molecule has 1 fully saturated rings. The molecule has 0 unspecified atom stereocenters. The number of rotatable bonds is 4. The van der Waals surface area contributed by atoms with Crippen LogP contribution in [0.5, 0.6) is 0 Å². The second-order valence-corrected chi connectivity index (χ2v) is 7.92. The highest BCUT2D eigenvalue weighted by Crippen LogP contribution is 2.22. The number of hydrogen-bond donors (Lipinski definition) is 0. The van der Waals surface area contributed by atoms with Gasteiger partial charge in [0.2, 0.25) is 0 Å². The summed E-state index contributed by atoms with van der Waals surface area (Å²) in [6.07, 6.45) is 7.07. The van der Waals surface area contributed by atoms with Gasteiger partial charge in [-0.2, -0.15) is 5.10 Å². The van der Waals surface area contributed by atoms with E-state index in [0.29, 0.717) is 24.3 Å². The number of carbonyl (C=O) groups is 1. The van der Waals surface area contributed by atoms with Crippen LogP contribution < -0.4 is 0 Å². The van der Waals surface area contributed by atoms with E-state index >= 15 is 0 Å². The van der Waals surface area contributed by atoms with Crippen molar-refractivity contribution >= 4 is 11.6 Å². The van der Waals surface area contributed by atoms with E-state index < -0.39 is 0 Å². The van der Waals surface area contributed by atoms with Gasteiger partial charge in [0.1, 0.15) is 5.56 Å². The molecule has 1 aliphatic heterocycles. The van der Waals surface area contributed by atoms with Crippen molar-refractivity contribution in [1.82, 2.24) is 29.4 Å². The molecule has 1 aromatic carbocycles. The Kier molecular flexibility index (Phi) is 5.18. The second-order valence-electron chi connectivity index (χ2n) is 7.92. The van der Waals surface area contributed by atoms with Crippen LogP contribution >= 0.6 is 0 Å². The third-order valence-corrected chi connectivity index (χ3v) is 5.77. The maximum atomic E-state index is 13.2. The molecule has 0 bridgehead atoms. The van der Waals surface area contributed by atoms with E-state index in [1.165, 1.54) is 11.1 Å². The van der Waals surface area contributed by atoms with Crippen molar-refractivity contribution in [2.24, 2.45) is 0 Å². The van der Waals surface area contributed by atoms with E-state index in [1.54, 1.807) is 23.1 Å². The van der Waals surface area contributed by atoms with Crippen molar-refractivity contribution in [2.45, 2.75) is 13.5 Å². The minimum absolute atomic E-state index is 0.00964. The first-order valence-corrected chi connectivity index (χ1v) is 10.5. The van der Waals surface area contributed by atoms with Crippen LogP contribution in [-0.2, 0) is 6.54 Å². The van der Waals surface area contributed by atoms with Crippen LogP contribution in [0, 0.1) is 6.92 Å². The maximum Gasteiger partial charge on any atom is 0.259 e. The Morgan fingerprint density at radius 2 is 1.77 bits per heavy atom. The molecule has 1 amide bonds. The molecule has 0 aliphatic carbocycles. The second kappa shape index (κ2) is 8.28. The molecule has 3 aromatic heterocycles. The number of piperazine rings is 1. The fourth-order valence-corrected chi connectivity index (χ4v) is 4.01. The Morgan fingerprint density at radius 3 is 2.52 bits per heavy atom. The van der Waals surface area contributed by atoms with E-state index in [-0.39, 0.29) is 5.91 Å². The lowest BCUT2D eigenvalue weighted by molar-refractivity contribution is 0.0630. The lowest BCUT2D eigenvalue weighted by atomic mass is 10.1. The summed E-state index contributed by atoms with van der Waals surface area (Å²) in [5.74, 6) is -0.00964. The first kappa shape index (κ1) is 19.4. The molecular weight excluding hydrogens is 388 g/mol. The number of pyridine rings is 1. The highest BCUT2D eigenvalue weighted by molar-refractivity contribution is 6.00. The highest BCUT2D eigenvalue weighted by atomic mass is 16.2. The number of nitrogens with zero attached hydrogens (tertiary/aromatic N) is 6. The molecule has 4 heterocycles. The standard InChI is InChI=1S/C24H24N6O/c1-18-4-6-20(7-5-18)22-8-10-26-23-21(16-27-30(22)23)24(31)29-13-11-28(12-14-29)17-19-3-2-9-25-15-19/h2-10,15-16H,11-14,17H2,1H3. The average Bonchev–Trinajstić information content (AvgIpc) is 3.25. The summed E-state index contributed by atoms with van der Waals surface area (Å²) in [6, 6.07) is 14.2. The van der Waals surface area contributed by atoms with E-state index in [9.17, 15) is 4.79 Å². The van der Waals surface area contributed by atoms with Crippen LogP contribution in [0.4, 0.5) is 0 Å². The molecule has 7 nitrogen and oxygen atoms in total. The van der Waals surface area contributed by atoms with Crippen LogP contribution in [0.25, 0.3) is 16.9 Å². The Labute approximate surface area is 181 Å². The van der Waals surface area contributed by atoms with Gasteiger partial charge in [-0.05, 0) is 24.6 Å². The van der Waals surface area contributed by atoms with Crippen molar-refractivity contribution in [3.8, 4) is 11.3 Å². The van der Waals surface area contributed by atoms with Gasteiger partial charge in [-0.1, -0.05) is 35.9 Å². The number of carbonyl (C=O) groups excluding carboxylic acids is 1. The number of benzene rings is 1. The quantitative estimate of drug-likeness (QED) is 0.515. The van der Waals surface area contributed by atoms with Crippen molar-refractivity contribution in [2.75, 3.05) is 26.2 Å². The van der Waals surface area contributed by atoms with Gasteiger partial charge in [0, 0.05) is 56.9 Å². The average molecular weight is 412 g/mol. The van der Waals surface area contributed by atoms with Gasteiger partial charge in [0.05, 0.1) is 11.9 Å². The predicted molar refractivity (Wildman–Crippen MR) is 119 cm³/mol.